The van der Waals surface area contributed by atoms with Gasteiger partial charge in [-0.15, -0.1) is 0 Å². The van der Waals surface area contributed by atoms with E-state index in [1.807, 2.05) is 36.4 Å². The van der Waals surface area contributed by atoms with Crippen molar-refractivity contribution in [2.75, 3.05) is 12.4 Å². The number of fused-ring (bicyclic) bond motifs is 2. The van der Waals surface area contributed by atoms with E-state index in [0.717, 1.165) is 24.2 Å². The molecule has 0 saturated heterocycles. The number of carbonyl (C=O) groups excluding carboxylic acids is 1. The molecule has 0 spiro atoms. The van der Waals surface area contributed by atoms with Gasteiger partial charge in [0.1, 0.15) is 15.8 Å². The van der Waals surface area contributed by atoms with Gasteiger partial charge in [-0.3, -0.25) is 4.79 Å². The van der Waals surface area contributed by atoms with Crippen molar-refractivity contribution in [2.45, 2.75) is 28.7 Å². The highest BCUT2D eigenvalue weighted by Crippen LogP contribution is 2.41. The average Bonchev–Trinajstić information content (AvgIpc) is 3.41. The van der Waals surface area contributed by atoms with Gasteiger partial charge in [-0.1, -0.05) is 24.3 Å². The van der Waals surface area contributed by atoms with Crippen molar-refractivity contribution in [1.29, 1.82) is 0 Å². The van der Waals surface area contributed by atoms with Crippen LogP contribution in [-0.4, -0.2) is 23.3 Å². The zero-order valence-electron chi connectivity index (χ0n) is 13.3. The van der Waals surface area contributed by atoms with Gasteiger partial charge < -0.3 is 10.1 Å². The number of nitrogens with one attached hydrogen (secondary N) is 1. The third-order valence-electron chi connectivity index (χ3n) is 4.41. The number of benzene rings is 2. The van der Waals surface area contributed by atoms with Gasteiger partial charge in [0.15, 0.2) is 0 Å². The Morgan fingerprint density at radius 3 is 2.17 bits per heavy atom. The van der Waals surface area contributed by atoms with Gasteiger partial charge in [-0.05, 0) is 43.0 Å². The number of carbonyl (C=O) groups is 1. The molecular formula is C18H18N2O3S. The van der Waals surface area contributed by atoms with E-state index in [0.29, 0.717) is 9.79 Å². The summed E-state index contributed by atoms with van der Waals surface area (Å²) in [5.41, 5.74) is 1.44. The summed E-state index contributed by atoms with van der Waals surface area (Å²) < 4.78 is 23.4. The number of amides is 1. The molecule has 0 aromatic heterocycles. The van der Waals surface area contributed by atoms with Crippen molar-refractivity contribution in [3.05, 3.63) is 48.5 Å². The van der Waals surface area contributed by atoms with Crippen molar-refractivity contribution in [1.82, 2.24) is 0 Å². The molecule has 0 radical (unpaired) electrons. The lowest BCUT2D eigenvalue weighted by atomic mass is 10.2. The molecule has 1 aliphatic heterocycles. The van der Waals surface area contributed by atoms with Gasteiger partial charge in [0.2, 0.25) is 0 Å². The Hall–Kier alpha value is -2.18. The number of rotatable bonds is 3. The van der Waals surface area contributed by atoms with Crippen LogP contribution in [0.5, 0.6) is 0 Å². The second-order valence-electron chi connectivity index (χ2n) is 6.07. The third-order valence-corrected chi connectivity index (χ3v) is 6.75. The maximum absolute atomic E-state index is 13.8. The molecule has 1 aliphatic carbocycles. The van der Waals surface area contributed by atoms with Crippen molar-refractivity contribution in [2.24, 2.45) is 10.3 Å². The molecule has 1 amide bonds. The molecule has 2 aromatic rings. The van der Waals surface area contributed by atoms with Gasteiger partial charge in [-0.25, -0.2) is 4.21 Å². The highest BCUT2D eigenvalue weighted by atomic mass is 32.2. The van der Waals surface area contributed by atoms with Gasteiger partial charge in [0.05, 0.1) is 21.2 Å². The van der Waals surface area contributed by atoms with Crippen LogP contribution in [0.15, 0.2) is 62.7 Å². The number of hydrogen-bond acceptors (Lipinski definition) is 4. The lowest BCUT2D eigenvalue weighted by Crippen LogP contribution is -2.25. The Labute approximate surface area is 141 Å². The molecule has 2 aliphatic rings. The van der Waals surface area contributed by atoms with Crippen LogP contribution >= 0.6 is 0 Å². The predicted molar refractivity (Wildman–Crippen MR) is 91.8 cm³/mol. The minimum absolute atomic E-state index is 0.196. The van der Waals surface area contributed by atoms with Crippen molar-refractivity contribution in [3.63, 3.8) is 0 Å². The number of para-hydroxylation sites is 2. The minimum Gasteiger partial charge on any atom is -0.371 e. The maximum atomic E-state index is 13.8. The van der Waals surface area contributed by atoms with Crippen LogP contribution in [0.1, 0.15) is 12.8 Å². The first-order chi connectivity index (χ1) is 11.6. The average molecular weight is 342 g/mol. The molecule has 1 N–H and O–H groups in total. The Bertz CT molecular complexity index is 876. The van der Waals surface area contributed by atoms with E-state index >= 15 is 0 Å². The summed E-state index contributed by atoms with van der Waals surface area (Å²) in [6, 6.07) is 14.6. The van der Waals surface area contributed by atoms with Gasteiger partial charge in [-0.2, -0.15) is 4.36 Å². The fourth-order valence-corrected chi connectivity index (χ4v) is 5.21. The van der Waals surface area contributed by atoms with Crippen LogP contribution in [0.4, 0.5) is 11.4 Å². The van der Waals surface area contributed by atoms with Crippen LogP contribution in [0.2, 0.25) is 0 Å². The van der Waals surface area contributed by atoms with E-state index in [1.165, 1.54) is 7.11 Å². The van der Waals surface area contributed by atoms with E-state index in [9.17, 15) is 9.00 Å². The van der Waals surface area contributed by atoms with E-state index in [-0.39, 0.29) is 5.92 Å². The number of nitrogens with zero attached hydrogens (tertiary/aromatic N) is 1. The van der Waals surface area contributed by atoms with Gasteiger partial charge >= 0.3 is 0 Å². The summed E-state index contributed by atoms with van der Waals surface area (Å²) in [6.45, 7) is 0. The maximum Gasteiger partial charge on any atom is 0.283 e. The van der Waals surface area contributed by atoms with Gasteiger partial charge in [0.25, 0.3) is 5.91 Å². The Balaban J connectivity index is 1.91. The molecule has 0 bridgehead atoms. The van der Waals surface area contributed by atoms with E-state index in [2.05, 4.69) is 9.68 Å². The Morgan fingerprint density at radius 1 is 1.12 bits per heavy atom. The van der Waals surface area contributed by atoms with Crippen LogP contribution in [-0.2, 0) is 19.3 Å². The van der Waals surface area contributed by atoms with E-state index in [4.69, 9.17) is 4.74 Å². The Kier molecular flexibility index (Phi) is 3.66. The SMILES string of the molecule is COC(C(=O)N=S1(=O)c2ccccc2Nc2ccccc21)C1CC1. The zero-order chi connectivity index (χ0) is 16.7. The summed E-state index contributed by atoms with van der Waals surface area (Å²) in [7, 11) is -1.53. The van der Waals surface area contributed by atoms with Crippen molar-refractivity contribution >= 4 is 27.0 Å². The first kappa shape index (κ1) is 15.4. The number of ether oxygens (including phenoxy) is 1. The summed E-state index contributed by atoms with van der Waals surface area (Å²) in [6.07, 6.45) is 1.31. The lowest BCUT2D eigenvalue weighted by Gasteiger charge is -2.24. The second-order valence-corrected chi connectivity index (χ2v) is 8.18. The van der Waals surface area contributed by atoms with Gasteiger partial charge in [0, 0.05) is 7.11 Å². The zero-order valence-corrected chi connectivity index (χ0v) is 14.1. The molecule has 1 heterocycles. The summed E-state index contributed by atoms with van der Waals surface area (Å²) >= 11 is 0. The fourth-order valence-electron chi connectivity index (χ4n) is 3.06. The quantitative estimate of drug-likeness (QED) is 0.790. The van der Waals surface area contributed by atoms with Crippen LogP contribution in [0, 0.1) is 5.92 Å². The number of hydrogen-bond donors (Lipinski definition) is 1. The number of methoxy groups -OCH3 is 1. The summed E-state index contributed by atoms with van der Waals surface area (Å²) in [5.74, 6) is -0.238. The lowest BCUT2D eigenvalue weighted by molar-refractivity contribution is -0.128. The monoisotopic (exact) mass is 342 g/mol. The molecule has 5 nitrogen and oxygen atoms in total. The highest BCUT2D eigenvalue weighted by Gasteiger charge is 2.38. The van der Waals surface area contributed by atoms with Crippen molar-refractivity contribution in [3.8, 4) is 0 Å². The molecule has 1 saturated carbocycles. The molecular weight excluding hydrogens is 324 g/mol. The predicted octanol–water partition coefficient (Wildman–Crippen LogP) is 3.58. The molecule has 4 rings (SSSR count). The summed E-state index contributed by atoms with van der Waals surface area (Å²) in [5, 5.41) is 3.27. The van der Waals surface area contributed by atoms with Crippen LogP contribution < -0.4 is 5.32 Å². The minimum atomic E-state index is -3.04. The topological polar surface area (TPSA) is 67.8 Å². The molecule has 24 heavy (non-hydrogen) atoms. The molecule has 2 aromatic carbocycles. The molecule has 1 unspecified atom stereocenters. The fraction of sp³-hybridized carbons (Fsp3) is 0.278. The first-order valence-electron chi connectivity index (χ1n) is 7.92. The van der Waals surface area contributed by atoms with E-state index in [1.54, 1.807) is 12.1 Å². The molecule has 1 fully saturated rings. The standard InChI is InChI=1S/C18H18N2O3S/c1-23-17(12-10-11-12)18(21)20-24(22)15-8-4-2-6-13(15)19-14-7-3-5-9-16(14)24/h2-9,12,17,19H,10-11H2,1H3. The normalized spacial score (nSPS) is 18.7. The number of anilines is 2. The van der Waals surface area contributed by atoms with Crippen molar-refractivity contribution < 1.29 is 13.7 Å². The third kappa shape index (κ3) is 2.42. The smallest absolute Gasteiger partial charge is 0.283 e. The summed E-state index contributed by atoms with van der Waals surface area (Å²) in [4.78, 5) is 13.7. The molecule has 124 valence electrons. The molecule has 1 atom stereocenters. The second kappa shape index (κ2) is 5.72. The van der Waals surface area contributed by atoms with E-state index < -0.39 is 21.7 Å². The van der Waals surface area contributed by atoms with Crippen LogP contribution in [0.3, 0.4) is 0 Å². The first-order valence-corrected chi connectivity index (χ1v) is 9.44. The largest absolute Gasteiger partial charge is 0.371 e. The van der Waals surface area contributed by atoms with Crippen LogP contribution in [0.25, 0.3) is 0 Å². The Morgan fingerprint density at radius 2 is 1.67 bits per heavy atom. The molecule has 6 heteroatoms. The highest BCUT2D eigenvalue weighted by molar-refractivity contribution is 7.94.